The maximum Gasteiger partial charge on any atom is 0.0927 e. The smallest absolute Gasteiger partial charge is 0.0927 e. The van der Waals surface area contributed by atoms with E-state index in [0.717, 1.165) is 11.2 Å². The molecule has 2 nitrogen and oxygen atoms in total. The quantitative estimate of drug-likeness (QED) is 0.626. The summed E-state index contributed by atoms with van der Waals surface area (Å²) in [6.07, 6.45) is 2.05. The summed E-state index contributed by atoms with van der Waals surface area (Å²) in [5, 5.41) is 5.69. The van der Waals surface area contributed by atoms with Crippen LogP contribution in [0.1, 0.15) is 0 Å². The molecule has 0 N–H and O–H groups in total. The van der Waals surface area contributed by atoms with E-state index in [1.54, 1.807) is 0 Å². The van der Waals surface area contributed by atoms with Gasteiger partial charge in [0.15, 0.2) is 0 Å². The third-order valence-corrected chi connectivity index (χ3v) is 3.22. The fourth-order valence-corrected chi connectivity index (χ4v) is 2.05. The molecule has 2 aromatic carbocycles. The first-order valence-corrected chi connectivity index (χ1v) is 6.11. The van der Waals surface area contributed by atoms with Gasteiger partial charge in [-0.25, -0.2) is 4.68 Å². The predicted octanol–water partition coefficient (Wildman–Crippen LogP) is 3.63. The molecule has 0 spiro atoms. The van der Waals surface area contributed by atoms with Crippen LogP contribution in [-0.4, -0.2) is 9.78 Å². The summed E-state index contributed by atoms with van der Waals surface area (Å²) in [5.74, 6) is 0. The summed E-state index contributed by atoms with van der Waals surface area (Å²) in [6, 6.07) is 16.5. The van der Waals surface area contributed by atoms with E-state index in [9.17, 15) is 0 Å². The largest absolute Gasteiger partial charge is 0.240 e. The summed E-state index contributed by atoms with van der Waals surface area (Å²) >= 11 is 2.30. The van der Waals surface area contributed by atoms with Crippen molar-refractivity contribution in [1.29, 1.82) is 0 Å². The van der Waals surface area contributed by atoms with Gasteiger partial charge in [-0.05, 0) is 52.9 Å². The number of hydrogen-bond acceptors (Lipinski definition) is 1. The second kappa shape index (κ2) is 3.90. The van der Waals surface area contributed by atoms with E-state index < -0.39 is 0 Å². The van der Waals surface area contributed by atoms with E-state index in [1.165, 1.54) is 8.96 Å². The van der Waals surface area contributed by atoms with Crippen molar-refractivity contribution >= 4 is 33.5 Å². The van der Waals surface area contributed by atoms with Crippen molar-refractivity contribution in [3.63, 3.8) is 0 Å². The van der Waals surface area contributed by atoms with E-state index in [4.69, 9.17) is 0 Å². The number of rotatable bonds is 1. The molecule has 16 heavy (non-hydrogen) atoms. The van der Waals surface area contributed by atoms with Crippen LogP contribution in [0, 0.1) is 3.57 Å². The first kappa shape index (κ1) is 9.84. The fourth-order valence-electron chi connectivity index (χ4n) is 1.69. The molecule has 1 heterocycles. The summed E-state index contributed by atoms with van der Waals surface area (Å²) in [7, 11) is 0. The van der Waals surface area contributed by atoms with Crippen LogP contribution in [0.5, 0.6) is 0 Å². The van der Waals surface area contributed by atoms with E-state index in [1.807, 2.05) is 22.9 Å². The van der Waals surface area contributed by atoms with Gasteiger partial charge in [0, 0.05) is 15.2 Å². The van der Waals surface area contributed by atoms with Crippen molar-refractivity contribution in [3.8, 4) is 5.69 Å². The zero-order valence-corrected chi connectivity index (χ0v) is 10.6. The van der Waals surface area contributed by atoms with Crippen molar-refractivity contribution in [3.05, 3.63) is 58.3 Å². The second-order valence-electron chi connectivity index (χ2n) is 3.61. The fraction of sp³-hybridized carbons (Fsp3) is 0. The first-order chi connectivity index (χ1) is 7.83. The van der Waals surface area contributed by atoms with E-state index in [2.05, 4.69) is 64.2 Å². The van der Waals surface area contributed by atoms with Gasteiger partial charge in [-0.15, -0.1) is 0 Å². The molecule has 3 aromatic rings. The van der Waals surface area contributed by atoms with Gasteiger partial charge in [-0.1, -0.05) is 18.2 Å². The van der Waals surface area contributed by atoms with Gasteiger partial charge >= 0.3 is 0 Å². The minimum Gasteiger partial charge on any atom is -0.240 e. The minimum atomic E-state index is 1.03. The lowest BCUT2D eigenvalue weighted by atomic mass is 10.3. The summed E-state index contributed by atoms with van der Waals surface area (Å²) in [5.41, 5.74) is 2.12. The van der Waals surface area contributed by atoms with Crippen molar-refractivity contribution < 1.29 is 0 Å². The molecule has 3 heteroatoms. The van der Waals surface area contributed by atoms with E-state index in [-0.39, 0.29) is 0 Å². The van der Waals surface area contributed by atoms with Gasteiger partial charge in [0.05, 0.1) is 11.2 Å². The van der Waals surface area contributed by atoms with Gasteiger partial charge in [-0.3, -0.25) is 0 Å². The van der Waals surface area contributed by atoms with Crippen LogP contribution < -0.4 is 0 Å². The second-order valence-corrected chi connectivity index (χ2v) is 4.85. The van der Waals surface area contributed by atoms with Crippen molar-refractivity contribution in [2.75, 3.05) is 0 Å². The lowest BCUT2D eigenvalue weighted by Gasteiger charge is -1.99. The Kier molecular flexibility index (Phi) is 2.40. The summed E-state index contributed by atoms with van der Waals surface area (Å²) in [4.78, 5) is 0. The van der Waals surface area contributed by atoms with Gasteiger partial charge in [0.2, 0.25) is 0 Å². The molecule has 3 rings (SSSR count). The molecule has 0 radical (unpaired) electrons. The third kappa shape index (κ3) is 1.71. The zero-order valence-electron chi connectivity index (χ0n) is 8.47. The average molecular weight is 320 g/mol. The normalized spacial score (nSPS) is 10.8. The Labute approximate surface area is 107 Å². The van der Waals surface area contributed by atoms with Gasteiger partial charge in [0.1, 0.15) is 0 Å². The Morgan fingerprint density at radius 2 is 1.69 bits per heavy atom. The lowest BCUT2D eigenvalue weighted by molar-refractivity contribution is 0.896. The van der Waals surface area contributed by atoms with Crippen LogP contribution in [0.4, 0.5) is 0 Å². The standard InChI is InChI=1S/C13H9IN2/c14-11-5-7-12(8-6-11)16-9-10-3-1-2-4-13(10)15-16/h1-9H. The predicted molar refractivity (Wildman–Crippen MR) is 73.8 cm³/mol. The summed E-state index contributed by atoms with van der Waals surface area (Å²) in [6.45, 7) is 0. The first-order valence-electron chi connectivity index (χ1n) is 5.03. The Morgan fingerprint density at radius 3 is 2.44 bits per heavy atom. The monoisotopic (exact) mass is 320 g/mol. The Bertz CT molecular complexity index is 593. The molecule has 0 aliphatic carbocycles. The number of benzene rings is 2. The molecule has 0 atom stereocenters. The van der Waals surface area contributed by atoms with Crippen LogP contribution in [-0.2, 0) is 0 Å². The topological polar surface area (TPSA) is 17.8 Å². The zero-order chi connectivity index (χ0) is 11.0. The molecule has 1 aromatic heterocycles. The Balaban J connectivity index is 2.15. The van der Waals surface area contributed by atoms with Crippen molar-refractivity contribution in [2.24, 2.45) is 0 Å². The number of fused-ring (bicyclic) bond motifs is 1. The van der Waals surface area contributed by atoms with E-state index in [0.29, 0.717) is 0 Å². The Hall–Kier alpha value is -1.36. The maximum absolute atomic E-state index is 4.53. The highest BCUT2D eigenvalue weighted by Crippen LogP contribution is 2.16. The van der Waals surface area contributed by atoms with Crippen LogP contribution in [0.2, 0.25) is 0 Å². The molecule has 0 fully saturated rings. The average Bonchev–Trinajstić information content (AvgIpc) is 2.73. The highest BCUT2D eigenvalue weighted by atomic mass is 127. The molecule has 0 saturated heterocycles. The van der Waals surface area contributed by atoms with Gasteiger partial charge in [-0.2, -0.15) is 5.10 Å². The minimum absolute atomic E-state index is 1.03. The van der Waals surface area contributed by atoms with Gasteiger partial charge in [0.25, 0.3) is 0 Å². The highest BCUT2D eigenvalue weighted by molar-refractivity contribution is 14.1. The molecule has 0 bridgehead atoms. The molecular weight excluding hydrogens is 311 g/mol. The summed E-state index contributed by atoms with van der Waals surface area (Å²) < 4.78 is 3.15. The Morgan fingerprint density at radius 1 is 0.938 bits per heavy atom. The van der Waals surface area contributed by atoms with E-state index >= 15 is 0 Å². The number of nitrogens with zero attached hydrogens (tertiary/aromatic N) is 2. The molecule has 0 unspecified atom stereocenters. The van der Waals surface area contributed by atoms with Crippen LogP contribution in [0.3, 0.4) is 0 Å². The van der Waals surface area contributed by atoms with Crippen molar-refractivity contribution in [2.45, 2.75) is 0 Å². The molecular formula is C13H9IN2. The number of aromatic nitrogens is 2. The molecule has 0 aliphatic heterocycles. The highest BCUT2D eigenvalue weighted by Gasteiger charge is 2.01. The SMILES string of the molecule is Ic1ccc(-n2cc3ccccc3n2)cc1. The molecule has 78 valence electrons. The molecule has 0 saturated carbocycles. The lowest BCUT2D eigenvalue weighted by Crippen LogP contribution is -1.93. The molecule has 0 amide bonds. The van der Waals surface area contributed by atoms with Crippen LogP contribution in [0.25, 0.3) is 16.6 Å². The molecule has 0 aliphatic rings. The number of halogens is 1. The maximum atomic E-state index is 4.53. The van der Waals surface area contributed by atoms with Crippen LogP contribution >= 0.6 is 22.6 Å². The van der Waals surface area contributed by atoms with Gasteiger partial charge < -0.3 is 0 Å². The van der Waals surface area contributed by atoms with Crippen molar-refractivity contribution in [1.82, 2.24) is 9.78 Å². The third-order valence-electron chi connectivity index (χ3n) is 2.50. The number of hydrogen-bond donors (Lipinski definition) is 0. The van der Waals surface area contributed by atoms with Crippen LogP contribution in [0.15, 0.2) is 54.7 Å².